The van der Waals surface area contributed by atoms with E-state index in [0.29, 0.717) is 10.7 Å². The molecule has 23 heavy (non-hydrogen) atoms. The molecule has 0 unspecified atom stereocenters. The van der Waals surface area contributed by atoms with Crippen molar-refractivity contribution >= 4 is 45.0 Å². The highest BCUT2D eigenvalue weighted by atomic mass is 127. The van der Waals surface area contributed by atoms with Crippen molar-refractivity contribution in [1.29, 1.82) is 0 Å². The van der Waals surface area contributed by atoms with E-state index in [2.05, 4.69) is 37.9 Å². The van der Waals surface area contributed by atoms with E-state index in [0.717, 1.165) is 22.6 Å². The van der Waals surface area contributed by atoms with E-state index in [9.17, 15) is 4.79 Å². The highest BCUT2D eigenvalue weighted by Crippen LogP contribution is 2.26. The van der Waals surface area contributed by atoms with Crippen molar-refractivity contribution in [2.24, 2.45) is 0 Å². The summed E-state index contributed by atoms with van der Waals surface area (Å²) in [5.74, 6) is -0.182. The molecule has 0 bridgehead atoms. The van der Waals surface area contributed by atoms with Crippen LogP contribution in [0.4, 0.5) is 5.13 Å². The quantitative estimate of drug-likeness (QED) is 0.608. The van der Waals surface area contributed by atoms with Gasteiger partial charge in [-0.2, -0.15) is 0 Å². The van der Waals surface area contributed by atoms with Crippen LogP contribution >= 0.6 is 33.9 Å². The zero-order valence-electron chi connectivity index (χ0n) is 12.6. The van der Waals surface area contributed by atoms with Crippen LogP contribution in [0.2, 0.25) is 0 Å². The molecule has 0 atom stereocenters. The molecule has 0 aliphatic rings. The average molecular weight is 435 g/mol. The number of anilines is 1. The van der Waals surface area contributed by atoms with Crippen molar-refractivity contribution in [2.45, 2.75) is 13.8 Å². The third-order valence-corrected chi connectivity index (χ3v) is 4.81. The van der Waals surface area contributed by atoms with E-state index in [1.165, 1.54) is 14.9 Å². The first kappa shape index (κ1) is 16.1. The largest absolute Gasteiger partial charge is 0.298 e. The van der Waals surface area contributed by atoms with E-state index in [-0.39, 0.29) is 5.91 Å². The maximum atomic E-state index is 12.4. The molecular formula is C17H14IN3OS. The first-order valence-electron chi connectivity index (χ1n) is 7.00. The molecule has 2 aromatic heterocycles. The third kappa shape index (κ3) is 3.76. The SMILES string of the molecule is Cc1ccc(C(=O)Nc2nc(-c3ccc(I)cc3)cs2)c(C)n1. The number of thiazole rings is 1. The molecule has 0 aliphatic carbocycles. The molecule has 4 nitrogen and oxygen atoms in total. The summed E-state index contributed by atoms with van der Waals surface area (Å²) in [5, 5.41) is 5.38. The fourth-order valence-corrected chi connectivity index (χ4v) is 3.25. The number of nitrogens with one attached hydrogen (secondary N) is 1. The van der Waals surface area contributed by atoms with Gasteiger partial charge in [-0.15, -0.1) is 11.3 Å². The molecular weight excluding hydrogens is 421 g/mol. The zero-order valence-corrected chi connectivity index (χ0v) is 15.6. The Hall–Kier alpha value is -1.80. The summed E-state index contributed by atoms with van der Waals surface area (Å²) < 4.78 is 1.18. The molecule has 0 saturated carbocycles. The van der Waals surface area contributed by atoms with E-state index in [1.54, 1.807) is 6.07 Å². The van der Waals surface area contributed by atoms with Crippen LogP contribution in [0.25, 0.3) is 11.3 Å². The summed E-state index contributed by atoms with van der Waals surface area (Å²) in [6.07, 6.45) is 0. The molecule has 3 aromatic rings. The van der Waals surface area contributed by atoms with Crippen LogP contribution in [-0.4, -0.2) is 15.9 Å². The smallest absolute Gasteiger partial charge is 0.259 e. The Morgan fingerprint density at radius 3 is 2.52 bits per heavy atom. The Morgan fingerprint density at radius 2 is 1.83 bits per heavy atom. The lowest BCUT2D eigenvalue weighted by atomic mass is 10.2. The maximum absolute atomic E-state index is 12.4. The summed E-state index contributed by atoms with van der Waals surface area (Å²) in [6, 6.07) is 11.7. The molecule has 1 aromatic carbocycles. The van der Waals surface area contributed by atoms with Gasteiger partial charge in [0, 0.05) is 20.2 Å². The Bertz CT molecular complexity index is 859. The fraction of sp³-hybridized carbons (Fsp3) is 0.118. The van der Waals surface area contributed by atoms with E-state index >= 15 is 0 Å². The second kappa shape index (κ2) is 6.76. The van der Waals surface area contributed by atoms with Gasteiger partial charge in [0.05, 0.1) is 17.0 Å². The number of nitrogens with zero attached hydrogens (tertiary/aromatic N) is 2. The molecule has 0 spiro atoms. The van der Waals surface area contributed by atoms with Gasteiger partial charge < -0.3 is 0 Å². The predicted molar refractivity (Wildman–Crippen MR) is 102 cm³/mol. The van der Waals surface area contributed by atoms with Gasteiger partial charge in [0.1, 0.15) is 0 Å². The lowest BCUT2D eigenvalue weighted by Gasteiger charge is -2.05. The Labute approximate surface area is 152 Å². The standard InChI is InChI=1S/C17H14IN3OS/c1-10-3-8-14(11(2)19-10)16(22)21-17-20-15(9-23-17)12-4-6-13(18)7-5-12/h3-9H,1-2H3,(H,20,21,22). The van der Waals surface area contributed by atoms with E-state index in [4.69, 9.17) is 0 Å². The number of hydrogen-bond donors (Lipinski definition) is 1. The number of aryl methyl sites for hydroxylation is 2. The van der Waals surface area contributed by atoms with Gasteiger partial charge in [-0.05, 0) is 60.7 Å². The molecule has 2 heterocycles. The van der Waals surface area contributed by atoms with Crippen LogP contribution < -0.4 is 5.32 Å². The molecule has 0 radical (unpaired) electrons. The van der Waals surface area contributed by atoms with Crippen LogP contribution in [0.5, 0.6) is 0 Å². The summed E-state index contributed by atoms with van der Waals surface area (Å²) >= 11 is 3.68. The summed E-state index contributed by atoms with van der Waals surface area (Å²) in [4.78, 5) is 21.2. The molecule has 0 aliphatic heterocycles. The normalized spacial score (nSPS) is 10.6. The van der Waals surface area contributed by atoms with Crippen LogP contribution in [0.1, 0.15) is 21.7 Å². The summed E-state index contributed by atoms with van der Waals surface area (Å²) in [5.41, 5.74) is 4.09. The molecule has 0 fully saturated rings. The molecule has 1 N–H and O–H groups in total. The number of benzene rings is 1. The molecule has 3 rings (SSSR count). The Morgan fingerprint density at radius 1 is 1.09 bits per heavy atom. The number of pyridine rings is 1. The maximum Gasteiger partial charge on any atom is 0.259 e. The molecule has 116 valence electrons. The Kier molecular flexibility index (Phi) is 4.72. The van der Waals surface area contributed by atoms with Gasteiger partial charge in [0.15, 0.2) is 5.13 Å². The van der Waals surface area contributed by atoms with Crippen molar-refractivity contribution in [3.05, 3.63) is 62.3 Å². The van der Waals surface area contributed by atoms with Gasteiger partial charge in [-0.1, -0.05) is 12.1 Å². The van der Waals surface area contributed by atoms with Gasteiger partial charge in [0.25, 0.3) is 5.91 Å². The monoisotopic (exact) mass is 435 g/mol. The van der Waals surface area contributed by atoms with Crippen LogP contribution in [0, 0.1) is 17.4 Å². The minimum atomic E-state index is -0.182. The van der Waals surface area contributed by atoms with Crippen molar-refractivity contribution in [1.82, 2.24) is 9.97 Å². The van der Waals surface area contributed by atoms with Crippen LogP contribution in [0.15, 0.2) is 41.8 Å². The number of amides is 1. The van der Waals surface area contributed by atoms with Crippen molar-refractivity contribution in [3.63, 3.8) is 0 Å². The second-order valence-electron chi connectivity index (χ2n) is 5.08. The highest BCUT2D eigenvalue weighted by molar-refractivity contribution is 14.1. The summed E-state index contributed by atoms with van der Waals surface area (Å²) in [7, 11) is 0. The van der Waals surface area contributed by atoms with Gasteiger partial charge in [-0.3, -0.25) is 15.1 Å². The van der Waals surface area contributed by atoms with E-state index < -0.39 is 0 Å². The molecule has 6 heteroatoms. The van der Waals surface area contributed by atoms with Gasteiger partial charge in [0.2, 0.25) is 0 Å². The number of rotatable bonds is 3. The number of hydrogen-bond acceptors (Lipinski definition) is 4. The number of halogens is 1. The number of carbonyl (C=O) groups excluding carboxylic acids is 1. The van der Waals surface area contributed by atoms with Crippen LogP contribution in [0.3, 0.4) is 0 Å². The minimum absolute atomic E-state index is 0.182. The van der Waals surface area contributed by atoms with Gasteiger partial charge >= 0.3 is 0 Å². The Balaban J connectivity index is 1.78. The van der Waals surface area contributed by atoms with Crippen molar-refractivity contribution < 1.29 is 4.79 Å². The highest BCUT2D eigenvalue weighted by Gasteiger charge is 2.13. The molecule has 1 amide bonds. The lowest BCUT2D eigenvalue weighted by Crippen LogP contribution is -2.14. The first-order valence-corrected chi connectivity index (χ1v) is 8.96. The number of carbonyl (C=O) groups is 1. The summed E-state index contributed by atoms with van der Waals surface area (Å²) in [6.45, 7) is 3.74. The minimum Gasteiger partial charge on any atom is -0.298 e. The van der Waals surface area contributed by atoms with E-state index in [1.807, 2.05) is 49.6 Å². The van der Waals surface area contributed by atoms with Gasteiger partial charge in [-0.25, -0.2) is 4.98 Å². The first-order chi connectivity index (χ1) is 11.0. The number of aromatic nitrogens is 2. The lowest BCUT2D eigenvalue weighted by molar-refractivity contribution is 0.102. The zero-order chi connectivity index (χ0) is 16.4. The molecule has 0 saturated heterocycles. The second-order valence-corrected chi connectivity index (χ2v) is 7.19. The van der Waals surface area contributed by atoms with Crippen molar-refractivity contribution in [2.75, 3.05) is 5.32 Å². The van der Waals surface area contributed by atoms with Crippen LogP contribution in [-0.2, 0) is 0 Å². The van der Waals surface area contributed by atoms with Crippen molar-refractivity contribution in [3.8, 4) is 11.3 Å². The topological polar surface area (TPSA) is 54.9 Å². The third-order valence-electron chi connectivity index (χ3n) is 3.33. The fourth-order valence-electron chi connectivity index (χ4n) is 2.18. The predicted octanol–water partition coefficient (Wildman–Crippen LogP) is 4.68. The average Bonchev–Trinajstić information content (AvgIpc) is 2.96.